The number of rotatable bonds is 11. The lowest BCUT2D eigenvalue weighted by atomic mass is 9.96. The van der Waals surface area contributed by atoms with Crippen LogP contribution in [0.1, 0.15) is 84.0 Å². The van der Waals surface area contributed by atoms with Crippen molar-refractivity contribution in [1.29, 1.82) is 0 Å². The second kappa shape index (κ2) is 14.0. The zero-order valence-corrected chi connectivity index (χ0v) is 24.2. The van der Waals surface area contributed by atoms with Crippen LogP contribution in [0.4, 0.5) is 4.79 Å². The summed E-state index contributed by atoms with van der Waals surface area (Å²) in [6.07, 6.45) is 0.402. The van der Waals surface area contributed by atoms with Crippen LogP contribution in [-0.2, 0) is 20.9 Å². The lowest BCUT2D eigenvalue weighted by Crippen LogP contribution is -2.55. The van der Waals surface area contributed by atoms with Gasteiger partial charge in [0.2, 0.25) is 11.8 Å². The fourth-order valence-electron chi connectivity index (χ4n) is 4.28. The number of alkyl carbamates (subject to hydrolysis) is 1. The molecule has 0 radical (unpaired) electrons. The largest absolute Gasteiger partial charge is 0.444 e. The predicted octanol–water partition coefficient (Wildman–Crippen LogP) is 5.92. The molecule has 2 rings (SSSR count). The smallest absolute Gasteiger partial charge is 0.408 e. The monoisotopic (exact) mass is 523 g/mol. The minimum Gasteiger partial charge on any atom is -0.444 e. The third kappa shape index (κ3) is 9.51. The first kappa shape index (κ1) is 30.9. The van der Waals surface area contributed by atoms with Crippen molar-refractivity contribution in [3.63, 3.8) is 0 Å². The van der Waals surface area contributed by atoms with Crippen LogP contribution in [-0.4, -0.2) is 40.5 Å². The highest BCUT2D eigenvalue weighted by atomic mass is 16.6. The number of carbonyl (C=O) groups is 3. The number of carbonyl (C=O) groups excluding carboxylic acids is 3. The van der Waals surface area contributed by atoms with Crippen molar-refractivity contribution in [3.8, 4) is 0 Å². The molecular weight excluding hydrogens is 478 g/mol. The van der Waals surface area contributed by atoms with Crippen molar-refractivity contribution >= 4 is 17.9 Å². The van der Waals surface area contributed by atoms with Crippen LogP contribution in [0.15, 0.2) is 54.6 Å². The topological polar surface area (TPSA) is 87.7 Å². The number of nitrogens with zero attached hydrogens (tertiary/aromatic N) is 1. The molecule has 0 aliphatic carbocycles. The first-order valence-corrected chi connectivity index (χ1v) is 13.5. The summed E-state index contributed by atoms with van der Waals surface area (Å²) in [6, 6.07) is 15.4. The van der Waals surface area contributed by atoms with Gasteiger partial charge in [-0.05, 0) is 64.5 Å². The predicted molar refractivity (Wildman–Crippen MR) is 151 cm³/mol. The van der Waals surface area contributed by atoms with Gasteiger partial charge >= 0.3 is 6.09 Å². The first-order chi connectivity index (χ1) is 17.8. The quantitative estimate of drug-likeness (QED) is 0.383. The lowest BCUT2D eigenvalue weighted by molar-refractivity contribution is -0.145. The molecule has 0 heterocycles. The summed E-state index contributed by atoms with van der Waals surface area (Å²) >= 11 is 0. The Hall–Kier alpha value is -3.35. The van der Waals surface area contributed by atoms with E-state index in [9.17, 15) is 14.4 Å². The maximum absolute atomic E-state index is 14.2. The van der Waals surface area contributed by atoms with Gasteiger partial charge in [-0.15, -0.1) is 0 Å². The Morgan fingerprint density at radius 2 is 1.63 bits per heavy atom. The van der Waals surface area contributed by atoms with Crippen LogP contribution >= 0.6 is 0 Å². The van der Waals surface area contributed by atoms with E-state index in [2.05, 4.69) is 10.6 Å². The van der Waals surface area contributed by atoms with Crippen LogP contribution in [0.5, 0.6) is 0 Å². The van der Waals surface area contributed by atoms with Gasteiger partial charge in [0.25, 0.3) is 0 Å². The fourth-order valence-corrected chi connectivity index (χ4v) is 4.28. The summed E-state index contributed by atoms with van der Waals surface area (Å²) < 4.78 is 5.46. The van der Waals surface area contributed by atoms with E-state index < -0.39 is 23.8 Å². The molecule has 2 aromatic rings. The minimum atomic E-state index is -0.865. The Balaban J connectivity index is 2.49. The second-order valence-corrected chi connectivity index (χ2v) is 11.4. The van der Waals surface area contributed by atoms with Crippen molar-refractivity contribution in [2.75, 3.05) is 0 Å². The van der Waals surface area contributed by atoms with Crippen molar-refractivity contribution < 1.29 is 19.1 Å². The van der Waals surface area contributed by atoms with Crippen LogP contribution in [0.25, 0.3) is 0 Å². The van der Waals surface area contributed by atoms with Gasteiger partial charge in [-0.25, -0.2) is 4.79 Å². The number of amides is 3. The Kier molecular flexibility index (Phi) is 11.4. The fraction of sp³-hybridized carbons (Fsp3) is 0.516. The highest BCUT2D eigenvalue weighted by Gasteiger charge is 2.38. The number of aryl methyl sites for hydroxylation is 1. The van der Waals surface area contributed by atoms with E-state index in [1.807, 2.05) is 89.2 Å². The highest BCUT2D eigenvalue weighted by Crippen LogP contribution is 2.28. The Bertz CT molecular complexity index is 1060. The molecule has 3 unspecified atom stereocenters. The number of hydrogen-bond acceptors (Lipinski definition) is 4. The van der Waals surface area contributed by atoms with Gasteiger partial charge in [0, 0.05) is 12.6 Å². The van der Waals surface area contributed by atoms with Gasteiger partial charge < -0.3 is 20.3 Å². The molecular formula is C31H45N3O4. The van der Waals surface area contributed by atoms with Gasteiger partial charge in [0.05, 0.1) is 0 Å². The highest BCUT2D eigenvalue weighted by molar-refractivity contribution is 5.92. The molecule has 2 aromatic carbocycles. The summed E-state index contributed by atoms with van der Waals surface area (Å²) in [4.78, 5) is 42.4. The molecule has 0 saturated carbocycles. The molecule has 7 nitrogen and oxygen atoms in total. The van der Waals surface area contributed by atoms with E-state index in [0.717, 1.165) is 16.7 Å². The molecule has 3 amide bonds. The zero-order valence-electron chi connectivity index (χ0n) is 24.2. The third-order valence-corrected chi connectivity index (χ3v) is 6.21. The third-order valence-electron chi connectivity index (χ3n) is 6.21. The molecule has 208 valence electrons. The van der Waals surface area contributed by atoms with Crippen LogP contribution in [0.2, 0.25) is 0 Å². The van der Waals surface area contributed by atoms with Gasteiger partial charge in [-0.3, -0.25) is 9.59 Å². The van der Waals surface area contributed by atoms with Gasteiger partial charge in [0.15, 0.2) is 0 Å². The summed E-state index contributed by atoms with van der Waals surface area (Å²) in [6.45, 7) is 15.6. The minimum absolute atomic E-state index is 0.127. The molecule has 7 heteroatoms. The molecule has 38 heavy (non-hydrogen) atoms. The zero-order chi connectivity index (χ0) is 28.5. The summed E-state index contributed by atoms with van der Waals surface area (Å²) in [5.41, 5.74) is 1.98. The Morgan fingerprint density at radius 3 is 2.18 bits per heavy atom. The van der Waals surface area contributed by atoms with E-state index in [-0.39, 0.29) is 23.8 Å². The number of benzene rings is 2. The Morgan fingerprint density at radius 1 is 0.974 bits per heavy atom. The average molecular weight is 524 g/mol. The summed E-state index contributed by atoms with van der Waals surface area (Å²) in [5, 5.41) is 5.83. The summed E-state index contributed by atoms with van der Waals surface area (Å²) in [5.74, 6) is -0.448. The average Bonchev–Trinajstić information content (AvgIpc) is 2.83. The van der Waals surface area contributed by atoms with Crippen molar-refractivity contribution in [3.05, 3.63) is 71.3 Å². The van der Waals surface area contributed by atoms with E-state index in [4.69, 9.17) is 4.74 Å². The van der Waals surface area contributed by atoms with Crippen molar-refractivity contribution in [1.82, 2.24) is 15.5 Å². The van der Waals surface area contributed by atoms with E-state index in [1.165, 1.54) is 0 Å². The molecule has 0 aliphatic heterocycles. The molecule has 0 fully saturated rings. The molecule has 0 bridgehead atoms. The van der Waals surface area contributed by atoms with Crippen LogP contribution in [0.3, 0.4) is 0 Å². The molecule has 3 atom stereocenters. The van der Waals surface area contributed by atoms with Gasteiger partial charge in [0.1, 0.15) is 17.7 Å². The molecule has 0 aromatic heterocycles. The van der Waals surface area contributed by atoms with Gasteiger partial charge in [-0.2, -0.15) is 0 Å². The molecule has 2 N–H and O–H groups in total. The summed E-state index contributed by atoms with van der Waals surface area (Å²) in [7, 11) is 0. The standard InChI is InChI=1S/C31H45N3O4/c1-9-23(5)34(29(36)26(18-21(2)3)33-30(37)38-31(6,7)8)27(25-17-13-14-22(4)19-25)28(35)32-20-24-15-11-10-12-16-24/h10-17,19,21,23,26-27H,9,18,20H2,1-8H3,(H,32,35)(H,33,37). The second-order valence-electron chi connectivity index (χ2n) is 11.4. The van der Waals surface area contributed by atoms with Crippen LogP contribution < -0.4 is 10.6 Å². The van der Waals surface area contributed by atoms with Crippen molar-refractivity contribution in [2.24, 2.45) is 5.92 Å². The molecule has 0 spiro atoms. The van der Waals surface area contributed by atoms with Gasteiger partial charge in [-0.1, -0.05) is 80.9 Å². The lowest BCUT2D eigenvalue weighted by Gasteiger charge is -2.38. The Labute approximate surface area is 228 Å². The van der Waals surface area contributed by atoms with Crippen molar-refractivity contribution in [2.45, 2.75) is 98.5 Å². The number of ether oxygens (including phenoxy) is 1. The molecule has 0 aliphatic rings. The normalized spacial score (nSPS) is 13.8. The van der Waals surface area contributed by atoms with E-state index >= 15 is 0 Å². The molecule has 0 saturated heterocycles. The SMILES string of the molecule is CCC(C)N(C(=O)C(CC(C)C)NC(=O)OC(C)(C)C)C(C(=O)NCc1ccccc1)c1cccc(C)c1. The van der Waals surface area contributed by atoms with E-state index in [1.54, 1.807) is 25.7 Å². The number of hydrogen-bond donors (Lipinski definition) is 2. The maximum Gasteiger partial charge on any atom is 0.408 e. The van der Waals surface area contributed by atoms with E-state index in [0.29, 0.717) is 19.4 Å². The first-order valence-electron chi connectivity index (χ1n) is 13.5. The van der Waals surface area contributed by atoms with Crippen LogP contribution in [0, 0.1) is 12.8 Å². The maximum atomic E-state index is 14.2. The number of nitrogens with one attached hydrogen (secondary N) is 2.